The van der Waals surface area contributed by atoms with E-state index in [0.717, 1.165) is 36.0 Å². The molecular formula is C22H31N3O3. The first kappa shape index (κ1) is 21.6. The van der Waals surface area contributed by atoms with Crippen molar-refractivity contribution in [2.24, 2.45) is 4.99 Å². The van der Waals surface area contributed by atoms with Gasteiger partial charge in [-0.25, -0.2) is 0 Å². The molecule has 2 aromatic rings. The van der Waals surface area contributed by atoms with Crippen molar-refractivity contribution in [1.82, 2.24) is 10.6 Å². The standard InChI is InChI=1S/C22H31N3O3/c1-17(19-9-6-5-7-10-19)28-14-8-13-24-22(23-2)25-16-18-11-12-20(26-3)21(15-18)27-4/h5-7,9-12,15,17H,8,13-14,16H2,1-4H3,(H2,23,24,25). The second-order valence-electron chi connectivity index (χ2n) is 6.32. The van der Waals surface area contributed by atoms with Crippen molar-refractivity contribution in [3.63, 3.8) is 0 Å². The van der Waals surface area contributed by atoms with E-state index in [1.807, 2.05) is 36.4 Å². The molecule has 0 aliphatic rings. The minimum Gasteiger partial charge on any atom is -0.493 e. The molecule has 2 rings (SSSR count). The predicted octanol–water partition coefficient (Wildman–Crippen LogP) is 3.54. The summed E-state index contributed by atoms with van der Waals surface area (Å²) in [6.07, 6.45) is 0.998. The second-order valence-corrected chi connectivity index (χ2v) is 6.32. The lowest BCUT2D eigenvalue weighted by Gasteiger charge is -2.15. The highest BCUT2D eigenvalue weighted by molar-refractivity contribution is 5.79. The Labute approximate surface area is 167 Å². The quantitative estimate of drug-likeness (QED) is 0.372. The number of rotatable bonds is 10. The number of benzene rings is 2. The number of guanidine groups is 1. The third-order valence-electron chi connectivity index (χ3n) is 4.38. The normalized spacial score (nSPS) is 12.4. The molecule has 0 aromatic heterocycles. The van der Waals surface area contributed by atoms with Gasteiger partial charge >= 0.3 is 0 Å². The summed E-state index contributed by atoms with van der Waals surface area (Å²) in [4.78, 5) is 4.26. The number of nitrogens with one attached hydrogen (secondary N) is 2. The molecule has 0 heterocycles. The molecule has 1 unspecified atom stereocenters. The fourth-order valence-corrected chi connectivity index (χ4v) is 2.76. The fourth-order valence-electron chi connectivity index (χ4n) is 2.76. The summed E-state index contributed by atoms with van der Waals surface area (Å²) < 4.78 is 16.5. The lowest BCUT2D eigenvalue weighted by Crippen LogP contribution is -2.37. The summed E-state index contributed by atoms with van der Waals surface area (Å²) >= 11 is 0. The van der Waals surface area contributed by atoms with Gasteiger partial charge in [-0.3, -0.25) is 4.99 Å². The fraction of sp³-hybridized carbons (Fsp3) is 0.409. The van der Waals surface area contributed by atoms with E-state index in [9.17, 15) is 0 Å². The van der Waals surface area contributed by atoms with Crippen LogP contribution in [0.15, 0.2) is 53.5 Å². The van der Waals surface area contributed by atoms with Gasteiger partial charge in [0, 0.05) is 26.7 Å². The molecule has 0 aliphatic heterocycles. The molecule has 0 spiro atoms. The van der Waals surface area contributed by atoms with Gasteiger partial charge < -0.3 is 24.8 Å². The van der Waals surface area contributed by atoms with E-state index in [4.69, 9.17) is 14.2 Å². The van der Waals surface area contributed by atoms with Crippen molar-refractivity contribution in [3.8, 4) is 11.5 Å². The lowest BCUT2D eigenvalue weighted by molar-refractivity contribution is 0.0646. The molecule has 2 N–H and O–H groups in total. The van der Waals surface area contributed by atoms with Gasteiger partial charge in [-0.1, -0.05) is 36.4 Å². The molecule has 0 radical (unpaired) electrons. The molecule has 28 heavy (non-hydrogen) atoms. The summed E-state index contributed by atoms with van der Waals surface area (Å²) in [6.45, 7) is 4.19. The van der Waals surface area contributed by atoms with Crippen LogP contribution in [0.1, 0.15) is 30.6 Å². The number of aliphatic imine (C=N–C) groups is 1. The molecule has 0 fully saturated rings. The maximum atomic E-state index is 5.89. The van der Waals surface area contributed by atoms with Gasteiger partial charge in [0.15, 0.2) is 17.5 Å². The van der Waals surface area contributed by atoms with E-state index in [0.29, 0.717) is 13.2 Å². The topological polar surface area (TPSA) is 64.1 Å². The molecule has 6 nitrogen and oxygen atoms in total. The molecule has 0 bridgehead atoms. The van der Waals surface area contributed by atoms with Crippen molar-refractivity contribution in [3.05, 3.63) is 59.7 Å². The third-order valence-corrected chi connectivity index (χ3v) is 4.38. The Balaban J connectivity index is 1.69. The van der Waals surface area contributed by atoms with E-state index in [1.165, 1.54) is 5.56 Å². The minimum atomic E-state index is 0.101. The summed E-state index contributed by atoms with van der Waals surface area (Å²) in [5.41, 5.74) is 2.28. The van der Waals surface area contributed by atoms with E-state index in [2.05, 4.69) is 34.7 Å². The SMILES string of the molecule is CN=C(NCCCOC(C)c1ccccc1)NCc1ccc(OC)c(OC)c1. The number of hydrogen-bond donors (Lipinski definition) is 2. The number of methoxy groups -OCH3 is 2. The lowest BCUT2D eigenvalue weighted by atomic mass is 10.1. The van der Waals surface area contributed by atoms with Gasteiger partial charge in [-0.05, 0) is 36.6 Å². The first-order valence-electron chi connectivity index (χ1n) is 9.50. The monoisotopic (exact) mass is 385 g/mol. The Morgan fingerprint density at radius 3 is 2.43 bits per heavy atom. The minimum absolute atomic E-state index is 0.101. The zero-order chi connectivity index (χ0) is 20.2. The second kappa shape index (κ2) is 11.9. The summed E-state index contributed by atoms with van der Waals surface area (Å²) in [5.74, 6) is 2.19. The van der Waals surface area contributed by atoms with Crippen molar-refractivity contribution >= 4 is 5.96 Å². The van der Waals surface area contributed by atoms with Crippen LogP contribution in [-0.2, 0) is 11.3 Å². The number of hydrogen-bond acceptors (Lipinski definition) is 4. The van der Waals surface area contributed by atoms with Crippen LogP contribution in [0.3, 0.4) is 0 Å². The van der Waals surface area contributed by atoms with Crippen molar-refractivity contribution in [2.45, 2.75) is 26.0 Å². The average molecular weight is 386 g/mol. The molecule has 0 saturated carbocycles. The Kier molecular flexibility index (Phi) is 9.15. The van der Waals surface area contributed by atoms with Crippen molar-refractivity contribution in [2.75, 3.05) is 34.4 Å². The molecule has 0 aliphatic carbocycles. The first-order valence-corrected chi connectivity index (χ1v) is 9.50. The Hall–Kier alpha value is -2.73. The van der Waals surface area contributed by atoms with Crippen molar-refractivity contribution in [1.29, 1.82) is 0 Å². The van der Waals surface area contributed by atoms with Crippen LogP contribution in [0, 0.1) is 0 Å². The first-order chi connectivity index (χ1) is 13.7. The average Bonchev–Trinajstić information content (AvgIpc) is 2.75. The number of ether oxygens (including phenoxy) is 3. The highest BCUT2D eigenvalue weighted by Gasteiger charge is 2.06. The van der Waals surface area contributed by atoms with Crippen LogP contribution in [0.2, 0.25) is 0 Å². The Morgan fingerprint density at radius 1 is 1.00 bits per heavy atom. The summed E-state index contributed by atoms with van der Waals surface area (Å²) in [6, 6.07) is 16.1. The van der Waals surface area contributed by atoms with Gasteiger partial charge in [0.25, 0.3) is 0 Å². The highest BCUT2D eigenvalue weighted by Crippen LogP contribution is 2.27. The maximum absolute atomic E-state index is 5.89. The molecule has 0 amide bonds. The predicted molar refractivity (Wildman–Crippen MR) is 113 cm³/mol. The van der Waals surface area contributed by atoms with Gasteiger partial charge in [0.2, 0.25) is 0 Å². The van der Waals surface area contributed by atoms with Gasteiger partial charge in [0.05, 0.1) is 20.3 Å². The van der Waals surface area contributed by atoms with E-state index < -0.39 is 0 Å². The third kappa shape index (κ3) is 6.78. The zero-order valence-electron chi connectivity index (χ0n) is 17.2. The van der Waals surface area contributed by atoms with E-state index in [-0.39, 0.29) is 6.10 Å². The highest BCUT2D eigenvalue weighted by atomic mass is 16.5. The van der Waals surface area contributed by atoms with Gasteiger partial charge in [-0.2, -0.15) is 0 Å². The maximum Gasteiger partial charge on any atom is 0.191 e. The number of nitrogens with zero attached hydrogens (tertiary/aromatic N) is 1. The molecular weight excluding hydrogens is 354 g/mol. The Bertz CT molecular complexity index is 735. The summed E-state index contributed by atoms with van der Waals surface area (Å²) in [7, 11) is 5.03. The molecule has 6 heteroatoms. The van der Waals surface area contributed by atoms with Crippen LogP contribution in [0.4, 0.5) is 0 Å². The summed E-state index contributed by atoms with van der Waals surface area (Å²) in [5, 5.41) is 6.61. The van der Waals surface area contributed by atoms with Crippen LogP contribution in [-0.4, -0.2) is 40.4 Å². The van der Waals surface area contributed by atoms with E-state index >= 15 is 0 Å². The Morgan fingerprint density at radius 2 is 1.75 bits per heavy atom. The largest absolute Gasteiger partial charge is 0.493 e. The zero-order valence-corrected chi connectivity index (χ0v) is 17.2. The van der Waals surface area contributed by atoms with E-state index in [1.54, 1.807) is 21.3 Å². The van der Waals surface area contributed by atoms with Crippen molar-refractivity contribution < 1.29 is 14.2 Å². The van der Waals surface area contributed by atoms with Gasteiger partial charge in [-0.15, -0.1) is 0 Å². The van der Waals surface area contributed by atoms with Crippen LogP contribution in [0.25, 0.3) is 0 Å². The molecule has 1 atom stereocenters. The molecule has 152 valence electrons. The smallest absolute Gasteiger partial charge is 0.191 e. The molecule has 0 saturated heterocycles. The van der Waals surface area contributed by atoms with Crippen LogP contribution in [0.5, 0.6) is 11.5 Å². The van der Waals surface area contributed by atoms with Crippen LogP contribution < -0.4 is 20.1 Å². The molecule has 2 aromatic carbocycles. The van der Waals surface area contributed by atoms with Gasteiger partial charge in [0.1, 0.15) is 0 Å². The van der Waals surface area contributed by atoms with Crippen LogP contribution >= 0.6 is 0 Å².